The first-order valence-electron chi connectivity index (χ1n) is 11.0. The van der Waals surface area contributed by atoms with Gasteiger partial charge in [-0.15, -0.1) is 0 Å². The summed E-state index contributed by atoms with van der Waals surface area (Å²) in [4.78, 5) is 28.8. The molecule has 8 N–H and O–H groups in total. The van der Waals surface area contributed by atoms with Gasteiger partial charge in [0.05, 0.1) is 13.2 Å². The van der Waals surface area contributed by atoms with Gasteiger partial charge in [0.15, 0.2) is 12.4 Å². The maximum atomic E-state index is 12.1. The highest BCUT2D eigenvalue weighted by Crippen LogP contribution is 2.28. The standard InChI is InChI=1S/C21H29N3O12/c1-9(27)22-13-18(35-20-17(31)16(30)14(28)11(7-25)34-20)15(29)12(8-26)33-19(13)24-36-21(32)23-10-5-3-2-4-6-10/h2-6,11-18,20,25-26,28-31H,7-8H2,1H3,(H,22,27)(H,23,32)/b24-19-/t11-,12-,13-,14+,15+,16+,17-,18-,20+/m1/s1. The van der Waals surface area contributed by atoms with E-state index in [9.17, 15) is 40.2 Å². The van der Waals surface area contributed by atoms with Gasteiger partial charge >= 0.3 is 6.09 Å². The van der Waals surface area contributed by atoms with E-state index in [1.54, 1.807) is 30.3 Å². The minimum Gasteiger partial charge on any atom is -0.468 e. The van der Waals surface area contributed by atoms with Gasteiger partial charge in [-0.25, -0.2) is 4.79 Å². The van der Waals surface area contributed by atoms with Gasteiger partial charge in [-0.1, -0.05) is 18.2 Å². The van der Waals surface area contributed by atoms with E-state index in [-0.39, 0.29) is 0 Å². The molecule has 0 aromatic heterocycles. The van der Waals surface area contributed by atoms with Crippen molar-refractivity contribution in [1.29, 1.82) is 0 Å². The number of benzene rings is 1. The normalized spacial score (nSPS) is 35.5. The molecule has 36 heavy (non-hydrogen) atoms. The number of carbonyl (C=O) groups excluding carboxylic acids is 2. The molecule has 15 nitrogen and oxygen atoms in total. The van der Waals surface area contributed by atoms with Crippen molar-refractivity contribution in [1.82, 2.24) is 5.32 Å². The molecule has 2 amide bonds. The molecule has 200 valence electrons. The molecule has 2 aliphatic rings. The monoisotopic (exact) mass is 515 g/mol. The number of oxime groups is 1. The Balaban J connectivity index is 1.83. The summed E-state index contributed by atoms with van der Waals surface area (Å²) in [5, 5.41) is 68.5. The molecule has 1 aromatic rings. The Morgan fingerprint density at radius 2 is 1.64 bits per heavy atom. The maximum absolute atomic E-state index is 12.1. The van der Waals surface area contributed by atoms with Crippen molar-refractivity contribution in [2.45, 2.75) is 62.0 Å². The first kappa shape index (κ1) is 27.7. The Morgan fingerprint density at radius 1 is 0.972 bits per heavy atom. The van der Waals surface area contributed by atoms with E-state index in [0.717, 1.165) is 6.92 Å². The van der Waals surface area contributed by atoms with Crippen molar-refractivity contribution in [2.75, 3.05) is 18.5 Å². The first-order chi connectivity index (χ1) is 17.2. The van der Waals surface area contributed by atoms with Crippen LogP contribution in [-0.2, 0) is 23.8 Å². The third-order valence-electron chi connectivity index (χ3n) is 5.50. The molecule has 2 fully saturated rings. The van der Waals surface area contributed by atoms with Crippen LogP contribution in [0, 0.1) is 0 Å². The average molecular weight is 515 g/mol. The molecule has 3 rings (SSSR count). The van der Waals surface area contributed by atoms with Crippen LogP contribution in [0.3, 0.4) is 0 Å². The fraction of sp³-hybridized carbons (Fsp3) is 0.571. The molecule has 0 radical (unpaired) electrons. The number of rotatable bonds is 7. The van der Waals surface area contributed by atoms with E-state index in [4.69, 9.17) is 19.0 Å². The number of para-hydroxylation sites is 1. The third-order valence-corrected chi connectivity index (χ3v) is 5.50. The average Bonchev–Trinajstić information content (AvgIpc) is 2.86. The number of hydrogen-bond acceptors (Lipinski definition) is 13. The number of anilines is 1. The Labute approximate surface area is 204 Å². The van der Waals surface area contributed by atoms with Gasteiger partial charge in [0.1, 0.15) is 42.7 Å². The predicted octanol–water partition coefficient (Wildman–Crippen LogP) is -3.01. The van der Waals surface area contributed by atoms with Gasteiger partial charge in [-0.2, -0.15) is 0 Å². The number of ether oxygens (including phenoxy) is 3. The fourth-order valence-electron chi connectivity index (χ4n) is 3.68. The summed E-state index contributed by atoms with van der Waals surface area (Å²) < 4.78 is 16.4. The van der Waals surface area contributed by atoms with Gasteiger partial charge in [0.2, 0.25) is 5.91 Å². The van der Waals surface area contributed by atoms with Gasteiger partial charge in [0, 0.05) is 12.6 Å². The number of aliphatic hydroxyl groups excluding tert-OH is 6. The zero-order valence-corrected chi connectivity index (χ0v) is 19.1. The Hall–Kier alpha value is -2.89. The van der Waals surface area contributed by atoms with Crippen LogP contribution in [0.5, 0.6) is 0 Å². The van der Waals surface area contributed by atoms with Crippen molar-refractivity contribution in [3.63, 3.8) is 0 Å². The van der Waals surface area contributed by atoms with Crippen LogP contribution < -0.4 is 10.6 Å². The quantitative estimate of drug-likeness (QED) is 0.134. The van der Waals surface area contributed by atoms with Crippen molar-refractivity contribution < 1.29 is 59.3 Å². The molecule has 0 aliphatic carbocycles. The molecule has 1 aromatic carbocycles. The largest absolute Gasteiger partial charge is 0.468 e. The van der Waals surface area contributed by atoms with Crippen LogP contribution in [0.1, 0.15) is 6.92 Å². The van der Waals surface area contributed by atoms with E-state index in [0.29, 0.717) is 5.69 Å². The van der Waals surface area contributed by atoms with Gasteiger partial charge in [-0.3, -0.25) is 14.9 Å². The van der Waals surface area contributed by atoms with Crippen molar-refractivity contribution in [2.24, 2.45) is 5.16 Å². The molecule has 0 bridgehead atoms. The lowest BCUT2D eigenvalue weighted by Gasteiger charge is -2.45. The summed E-state index contributed by atoms with van der Waals surface area (Å²) in [5.41, 5.74) is 0.401. The third kappa shape index (κ3) is 6.45. The number of nitrogens with zero attached hydrogens (tertiary/aromatic N) is 1. The lowest BCUT2D eigenvalue weighted by atomic mass is 9.95. The number of aliphatic hydroxyl groups is 6. The van der Waals surface area contributed by atoms with Crippen LogP contribution >= 0.6 is 0 Å². The lowest BCUT2D eigenvalue weighted by molar-refractivity contribution is -0.322. The number of hydrogen-bond donors (Lipinski definition) is 8. The second-order valence-electron chi connectivity index (χ2n) is 8.10. The van der Waals surface area contributed by atoms with E-state index in [1.165, 1.54) is 0 Å². The molecule has 15 heteroatoms. The second-order valence-corrected chi connectivity index (χ2v) is 8.10. The van der Waals surface area contributed by atoms with Gasteiger partial charge in [0.25, 0.3) is 5.90 Å². The highest BCUT2D eigenvalue weighted by Gasteiger charge is 2.51. The molecule has 9 atom stereocenters. The molecule has 2 heterocycles. The van der Waals surface area contributed by atoms with Crippen molar-refractivity contribution in [3.8, 4) is 0 Å². The van der Waals surface area contributed by atoms with Crippen LogP contribution in [0.25, 0.3) is 0 Å². The Kier molecular flexibility index (Phi) is 9.52. The maximum Gasteiger partial charge on any atom is 0.437 e. The highest BCUT2D eigenvalue weighted by atomic mass is 16.7. The van der Waals surface area contributed by atoms with E-state index >= 15 is 0 Å². The topological polar surface area (TPSA) is 229 Å². The molecule has 2 aliphatic heterocycles. The molecule has 0 saturated carbocycles. The van der Waals surface area contributed by atoms with E-state index in [2.05, 4.69) is 15.8 Å². The molecular formula is C21H29N3O12. The minimum atomic E-state index is -1.82. The van der Waals surface area contributed by atoms with Crippen LogP contribution in [0.15, 0.2) is 35.5 Å². The van der Waals surface area contributed by atoms with Crippen molar-refractivity contribution in [3.05, 3.63) is 30.3 Å². The van der Waals surface area contributed by atoms with Gasteiger partial charge < -0.3 is 50.2 Å². The number of carbonyl (C=O) groups is 2. The van der Waals surface area contributed by atoms with E-state index in [1.807, 2.05) is 0 Å². The SMILES string of the molecule is CC(=O)N[C@H]1/C(=N/OC(=O)Nc2ccccc2)O[C@H](CO)[C@H](O)[C@@H]1O[C@@H]1O[C@H](CO)[C@H](O)[C@H](O)[C@H]1O. The molecule has 2 saturated heterocycles. The number of nitrogens with one attached hydrogen (secondary N) is 2. The summed E-state index contributed by atoms with van der Waals surface area (Å²) >= 11 is 0. The van der Waals surface area contributed by atoms with Gasteiger partial charge in [-0.05, 0) is 17.3 Å². The molecule has 0 spiro atoms. The highest BCUT2D eigenvalue weighted by molar-refractivity contribution is 5.89. The Bertz CT molecular complexity index is 917. The lowest BCUT2D eigenvalue weighted by Crippen LogP contribution is -2.66. The second kappa shape index (κ2) is 12.4. The van der Waals surface area contributed by atoms with Crippen LogP contribution in [0.4, 0.5) is 10.5 Å². The Morgan fingerprint density at radius 3 is 2.25 bits per heavy atom. The zero-order valence-electron chi connectivity index (χ0n) is 19.1. The van der Waals surface area contributed by atoms with Crippen molar-refractivity contribution >= 4 is 23.6 Å². The summed E-state index contributed by atoms with van der Waals surface area (Å²) in [6, 6.07) is 6.85. The summed E-state index contributed by atoms with van der Waals surface area (Å²) in [5.74, 6) is -1.10. The smallest absolute Gasteiger partial charge is 0.437 e. The summed E-state index contributed by atoms with van der Waals surface area (Å²) in [7, 11) is 0. The predicted molar refractivity (Wildman–Crippen MR) is 118 cm³/mol. The van der Waals surface area contributed by atoms with Crippen LogP contribution in [0.2, 0.25) is 0 Å². The van der Waals surface area contributed by atoms with E-state index < -0.39 is 86.2 Å². The van der Waals surface area contributed by atoms with Crippen LogP contribution in [-0.4, -0.2) is 117 Å². The summed E-state index contributed by atoms with van der Waals surface area (Å²) in [6.07, 6.45) is -13.8. The number of amides is 2. The fourth-order valence-corrected chi connectivity index (χ4v) is 3.68. The first-order valence-corrected chi connectivity index (χ1v) is 11.0. The molecule has 0 unspecified atom stereocenters. The molecular weight excluding hydrogens is 486 g/mol. The zero-order chi connectivity index (χ0) is 26.4. The summed E-state index contributed by atoms with van der Waals surface area (Å²) in [6.45, 7) is -0.347. The minimum absolute atomic E-state index is 0.401.